The molecule has 76 heavy (non-hydrogen) atoms. The molecule has 408 valence electrons. The highest BCUT2D eigenvalue weighted by molar-refractivity contribution is 5.96. The normalized spacial score (nSPS) is 16.0. The molecule has 0 unspecified atom stereocenters. The van der Waals surface area contributed by atoms with Crippen LogP contribution in [0.3, 0.4) is 0 Å². The number of carbonyl (C=O) groups is 4. The van der Waals surface area contributed by atoms with Gasteiger partial charge in [0.15, 0.2) is 0 Å². The third-order valence-corrected chi connectivity index (χ3v) is 13.7. The summed E-state index contributed by atoms with van der Waals surface area (Å²) in [5.41, 5.74) is 5.24. The highest BCUT2D eigenvalue weighted by Crippen LogP contribution is 2.32. The number of halogens is 1. The van der Waals surface area contributed by atoms with Crippen LogP contribution in [0.15, 0.2) is 97.8 Å². The minimum absolute atomic E-state index is 0.117. The standard InChI is InChI=1S/C56H74FN11O8/c1-8-48(40-14-10-9-11-15-40)63-54(71)49-29-45(37-67(49)55(72)51(56(3,4)5)64-53(70)38(2)58-6)65(7)18-20-74-22-24-76-26-25-75-23-21-73-19-17-50(69)68-36-42(31-62-68)41-28-46-47(33-60-52(46)59-30-41)43-32-61-66(35-43)34-39-13-12-16-44(57)27-39/h9-16,27-28,30-33,35-36,38,45,48-49,51,58H,8,17-26,29,34,37H2,1-7H3,(H,59,60)(H,63,71)(H,64,70)/t38-,45-,48+,49-,51+/m0/s1. The Hall–Kier alpha value is -6.68. The summed E-state index contributed by atoms with van der Waals surface area (Å²) in [5, 5.41) is 18.8. The average molecular weight is 1050 g/mol. The van der Waals surface area contributed by atoms with Crippen molar-refractivity contribution >= 4 is 34.7 Å². The molecule has 0 saturated carbocycles. The Kier molecular flexibility index (Phi) is 20.6. The molecule has 1 aliphatic rings. The lowest BCUT2D eigenvalue weighted by atomic mass is 9.85. The molecule has 5 heterocycles. The van der Waals surface area contributed by atoms with Crippen LogP contribution in [0, 0.1) is 11.2 Å². The van der Waals surface area contributed by atoms with Gasteiger partial charge in [-0.05, 0) is 68.6 Å². The van der Waals surface area contributed by atoms with Gasteiger partial charge < -0.3 is 44.8 Å². The first-order valence-electron chi connectivity index (χ1n) is 26.1. The van der Waals surface area contributed by atoms with E-state index in [1.54, 1.807) is 54.4 Å². The maximum absolute atomic E-state index is 14.4. The first-order chi connectivity index (χ1) is 36.6. The van der Waals surface area contributed by atoms with E-state index in [4.69, 9.17) is 18.9 Å². The van der Waals surface area contributed by atoms with Gasteiger partial charge >= 0.3 is 0 Å². The topological polar surface area (TPSA) is 212 Å². The molecular formula is C56H74FN11O8. The van der Waals surface area contributed by atoms with E-state index >= 15 is 0 Å². The Bertz CT molecular complexity index is 2830. The van der Waals surface area contributed by atoms with Crippen molar-refractivity contribution in [1.29, 1.82) is 0 Å². The van der Waals surface area contributed by atoms with Gasteiger partial charge in [-0.2, -0.15) is 10.2 Å². The van der Waals surface area contributed by atoms with Gasteiger partial charge in [-0.25, -0.2) is 14.1 Å². The third kappa shape index (κ3) is 15.5. The summed E-state index contributed by atoms with van der Waals surface area (Å²) < 4.78 is 39.7. The van der Waals surface area contributed by atoms with Crippen LogP contribution in [0.5, 0.6) is 0 Å². The second-order valence-corrected chi connectivity index (χ2v) is 20.2. The fourth-order valence-corrected chi connectivity index (χ4v) is 9.06. The van der Waals surface area contributed by atoms with Crippen LogP contribution in [-0.2, 0) is 39.9 Å². The Balaban J connectivity index is 0.772. The summed E-state index contributed by atoms with van der Waals surface area (Å²) in [6.07, 6.45) is 11.9. The molecule has 3 amide bonds. The number of pyridine rings is 1. The lowest BCUT2D eigenvalue weighted by Crippen LogP contribution is -2.59. The lowest BCUT2D eigenvalue weighted by molar-refractivity contribution is -0.144. The van der Waals surface area contributed by atoms with Crippen LogP contribution < -0.4 is 16.0 Å². The molecule has 1 saturated heterocycles. The van der Waals surface area contributed by atoms with Gasteiger partial charge in [0.25, 0.3) is 0 Å². The summed E-state index contributed by atoms with van der Waals surface area (Å²) in [4.78, 5) is 66.1. The van der Waals surface area contributed by atoms with Crippen molar-refractivity contribution < 1.29 is 42.5 Å². The zero-order chi connectivity index (χ0) is 54.2. The first kappa shape index (κ1) is 57.0. The van der Waals surface area contributed by atoms with E-state index in [2.05, 4.69) is 41.0 Å². The molecule has 6 aromatic rings. The predicted molar refractivity (Wildman–Crippen MR) is 287 cm³/mol. The molecular weight excluding hydrogens is 974 g/mol. The van der Waals surface area contributed by atoms with E-state index < -0.39 is 23.5 Å². The fourth-order valence-electron chi connectivity index (χ4n) is 9.06. The molecule has 1 fully saturated rings. The molecule has 4 N–H and O–H groups in total. The summed E-state index contributed by atoms with van der Waals surface area (Å²) in [6, 6.07) is 15.9. The van der Waals surface area contributed by atoms with Crippen LogP contribution in [0.2, 0.25) is 0 Å². The number of rotatable bonds is 28. The smallest absolute Gasteiger partial charge is 0.249 e. The van der Waals surface area contributed by atoms with Crippen molar-refractivity contribution in [2.45, 2.75) is 90.6 Å². The molecule has 0 bridgehead atoms. The van der Waals surface area contributed by atoms with Crippen molar-refractivity contribution in [3.8, 4) is 22.3 Å². The number of aromatic amines is 1. The second-order valence-electron chi connectivity index (χ2n) is 20.2. The Morgan fingerprint density at radius 3 is 2.22 bits per heavy atom. The van der Waals surface area contributed by atoms with Gasteiger partial charge in [-0.1, -0.05) is 70.2 Å². The highest BCUT2D eigenvalue weighted by atomic mass is 19.1. The Labute approximate surface area is 444 Å². The molecule has 0 aliphatic carbocycles. The monoisotopic (exact) mass is 1050 g/mol. The van der Waals surface area contributed by atoms with Crippen LogP contribution in [0.1, 0.15) is 75.8 Å². The zero-order valence-electron chi connectivity index (χ0n) is 44.8. The molecule has 0 radical (unpaired) electrons. The van der Waals surface area contributed by atoms with E-state index in [0.29, 0.717) is 84.4 Å². The van der Waals surface area contributed by atoms with E-state index in [0.717, 1.165) is 38.8 Å². The number of carbonyl (C=O) groups excluding carboxylic acids is 4. The maximum atomic E-state index is 14.4. The molecule has 1 aliphatic heterocycles. The molecule has 0 spiro atoms. The number of nitrogens with zero attached hydrogens (tertiary/aromatic N) is 7. The van der Waals surface area contributed by atoms with Crippen LogP contribution in [-0.4, -0.2) is 167 Å². The first-order valence-corrected chi connectivity index (χ1v) is 26.1. The summed E-state index contributed by atoms with van der Waals surface area (Å²) >= 11 is 0. The van der Waals surface area contributed by atoms with Crippen molar-refractivity contribution in [3.63, 3.8) is 0 Å². The van der Waals surface area contributed by atoms with Gasteiger partial charge in [0.1, 0.15) is 23.5 Å². The molecule has 2 aromatic carbocycles. The number of benzene rings is 2. The number of ether oxygens (including phenoxy) is 4. The number of hydrogen-bond donors (Lipinski definition) is 4. The van der Waals surface area contributed by atoms with Gasteiger partial charge in [-0.3, -0.25) is 28.8 Å². The number of aromatic nitrogens is 6. The predicted octanol–water partition coefficient (Wildman–Crippen LogP) is 5.88. The number of likely N-dealkylation sites (tertiary alicyclic amines) is 1. The molecule has 4 aromatic heterocycles. The zero-order valence-corrected chi connectivity index (χ0v) is 44.8. The number of H-pyrrole nitrogens is 1. The maximum Gasteiger partial charge on any atom is 0.249 e. The number of amides is 3. The van der Waals surface area contributed by atoms with Crippen LogP contribution >= 0.6 is 0 Å². The van der Waals surface area contributed by atoms with Crippen molar-refractivity contribution in [3.05, 3.63) is 115 Å². The number of nitrogens with one attached hydrogen (secondary N) is 4. The van der Waals surface area contributed by atoms with Gasteiger partial charge in [0.05, 0.1) is 90.3 Å². The van der Waals surface area contributed by atoms with E-state index in [1.807, 2.05) is 89.6 Å². The highest BCUT2D eigenvalue weighted by Gasteiger charge is 2.46. The van der Waals surface area contributed by atoms with Crippen LogP contribution in [0.4, 0.5) is 4.39 Å². The van der Waals surface area contributed by atoms with E-state index in [9.17, 15) is 23.6 Å². The Morgan fingerprint density at radius 1 is 0.842 bits per heavy atom. The minimum atomic E-state index is -0.845. The lowest BCUT2D eigenvalue weighted by Gasteiger charge is -2.36. The molecule has 19 nitrogen and oxygen atoms in total. The Morgan fingerprint density at radius 2 is 1.54 bits per heavy atom. The number of likely N-dealkylation sites (N-methyl/N-ethyl adjacent to an activating group) is 2. The van der Waals surface area contributed by atoms with Crippen molar-refractivity contribution in [1.82, 2.24) is 55.3 Å². The molecule has 7 rings (SSSR count). The molecule has 5 atom stereocenters. The van der Waals surface area contributed by atoms with Gasteiger partial charge in [-0.15, -0.1) is 0 Å². The largest absolute Gasteiger partial charge is 0.379 e. The van der Waals surface area contributed by atoms with Crippen molar-refractivity contribution in [2.24, 2.45) is 5.41 Å². The minimum Gasteiger partial charge on any atom is -0.379 e. The average Bonchev–Trinajstić information content (AvgIpc) is 4.27. The van der Waals surface area contributed by atoms with Gasteiger partial charge in [0, 0.05) is 71.6 Å². The summed E-state index contributed by atoms with van der Waals surface area (Å²) in [6.45, 7) is 13.6. The van der Waals surface area contributed by atoms with E-state index in [-0.39, 0.29) is 54.6 Å². The van der Waals surface area contributed by atoms with Gasteiger partial charge in [0.2, 0.25) is 23.6 Å². The summed E-state index contributed by atoms with van der Waals surface area (Å²) in [7, 11) is 3.66. The SMILES string of the molecule is CC[C@@H](NC(=O)[C@@H]1C[C@H](N(C)CCOCCOCCOCCOCCC(=O)n2cc(-c3cnc4[nH]cc(-c5cnn(Cc6cccc(F)c6)c5)c4c3)cn2)CN1C(=O)[C@@H](NC(=O)[C@H](C)NC)C(C)(C)C)c1ccccc1. The number of fused-ring (bicyclic) bond motifs is 1. The summed E-state index contributed by atoms with van der Waals surface area (Å²) in [5.74, 6) is -1.29. The fraction of sp³-hybridized carbons (Fsp3) is 0.482. The molecule has 20 heteroatoms. The second kappa shape index (κ2) is 27.4. The quantitative estimate of drug-likeness (QED) is 0.0424. The van der Waals surface area contributed by atoms with E-state index in [1.165, 1.54) is 16.8 Å². The third-order valence-electron chi connectivity index (χ3n) is 13.7. The van der Waals surface area contributed by atoms with Crippen molar-refractivity contribution in [2.75, 3.05) is 80.0 Å². The number of hydrogen-bond acceptors (Lipinski definition) is 13. The van der Waals surface area contributed by atoms with Crippen LogP contribution in [0.25, 0.3) is 33.3 Å².